The van der Waals surface area contributed by atoms with Crippen LogP contribution >= 0.6 is 24.2 Å². The van der Waals surface area contributed by atoms with Crippen molar-refractivity contribution in [3.63, 3.8) is 0 Å². The minimum Gasteiger partial charge on any atom is -0.481 e. The van der Waals surface area contributed by atoms with Crippen molar-refractivity contribution in [3.05, 3.63) is 71.8 Å². The highest BCUT2D eigenvalue weighted by Gasteiger charge is 2.25. The number of benzene rings is 2. The summed E-state index contributed by atoms with van der Waals surface area (Å²) in [4.78, 5) is 13.5. The maximum absolute atomic E-state index is 11.2. The van der Waals surface area contributed by atoms with Crippen LogP contribution in [-0.4, -0.2) is 41.4 Å². The lowest BCUT2D eigenvalue weighted by molar-refractivity contribution is -0.143. The number of carboxylic acids is 1. The Bertz CT molecular complexity index is 629. The zero-order chi connectivity index (χ0) is 17.5. The molecule has 140 valence electrons. The number of thioether (sulfide) groups is 1. The Balaban J connectivity index is 0.00000243. The van der Waals surface area contributed by atoms with Gasteiger partial charge in [0, 0.05) is 18.8 Å². The van der Waals surface area contributed by atoms with E-state index in [9.17, 15) is 9.90 Å². The number of carbonyl (C=O) groups is 1. The molecule has 26 heavy (non-hydrogen) atoms. The van der Waals surface area contributed by atoms with E-state index in [-0.39, 0.29) is 18.3 Å². The zero-order valence-electron chi connectivity index (χ0n) is 14.8. The highest BCUT2D eigenvalue weighted by Crippen LogP contribution is 2.35. The molecule has 1 N–H and O–H groups in total. The number of hydrogen-bond acceptors (Lipinski definition) is 3. The summed E-state index contributed by atoms with van der Waals surface area (Å²) in [5.41, 5.74) is 2.64. The number of piperidine rings is 1. The van der Waals surface area contributed by atoms with Gasteiger partial charge in [-0.25, -0.2) is 0 Å². The second-order valence-electron chi connectivity index (χ2n) is 6.55. The van der Waals surface area contributed by atoms with Crippen LogP contribution in [0, 0.1) is 5.92 Å². The molecular formula is C21H26ClNO2S. The molecule has 0 aliphatic carbocycles. The van der Waals surface area contributed by atoms with E-state index in [2.05, 4.69) is 65.6 Å². The Morgan fingerprint density at radius 2 is 1.65 bits per heavy atom. The molecule has 0 saturated carbocycles. The quantitative estimate of drug-likeness (QED) is 0.740. The summed E-state index contributed by atoms with van der Waals surface area (Å²) >= 11 is 1.94. The molecule has 0 spiro atoms. The van der Waals surface area contributed by atoms with Crippen molar-refractivity contribution in [3.8, 4) is 0 Å². The molecule has 1 aliphatic heterocycles. The fraction of sp³-hybridized carbons (Fsp3) is 0.381. The number of halogens is 1. The predicted octanol–water partition coefficient (Wildman–Crippen LogP) is 4.73. The Hall–Kier alpha value is -1.49. The fourth-order valence-electron chi connectivity index (χ4n) is 3.40. The number of nitrogens with zero attached hydrogens (tertiary/aromatic N) is 1. The second kappa shape index (κ2) is 10.6. The lowest BCUT2D eigenvalue weighted by Gasteiger charge is -2.31. The van der Waals surface area contributed by atoms with Crippen LogP contribution in [0.1, 0.15) is 29.2 Å². The van der Waals surface area contributed by atoms with Crippen LogP contribution in [0.25, 0.3) is 0 Å². The molecule has 2 aromatic rings. The first-order valence-corrected chi connectivity index (χ1v) is 9.95. The van der Waals surface area contributed by atoms with Gasteiger partial charge in [-0.15, -0.1) is 24.2 Å². The van der Waals surface area contributed by atoms with Crippen LogP contribution < -0.4 is 0 Å². The Kier molecular flexibility index (Phi) is 8.49. The molecule has 1 aliphatic rings. The van der Waals surface area contributed by atoms with E-state index in [1.807, 2.05) is 11.8 Å². The molecule has 0 amide bonds. The molecule has 0 bridgehead atoms. The van der Waals surface area contributed by atoms with E-state index >= 15 is 0 Å². The highest BCUT2D eigenvalue weighted by molar-refractivity contribution is 7.99. The van der Waals surface area contributed by atoms with Crippen molar-refractivity contribution in [2.24, 2.45) is 5.92 Å². The SMILES string of the molecule is Cl.O=C(O)C1CCCN(CCSC(c2ccccc2)c2ccccc2)C1. The van der Waals surface area contributed by atoms with Gasteiger partial charge in [-0.3, -0.25) is 4.79 Å². The van der Waals surface area contributed by atoms with Gasteiger partial charge in [0.25, 0.3) is 0 Å². The molecule has 2 aromatic carbocycles. The molecule has 1 saturated heterocycles. The van der Waals surface area contributed by atoms with Gasteiger partial charge < -0.3 is 10.0 Å². The molecule has 0 radical (unpaired) electrons. The van der Waals surface area contributed by atoms with E-state index in [4.69, 9.17) is 0 Å². The van der Waals surface area contributed by atoms with E-state index in [0.717, 1.165) is 31.7 Å². The number of likely N-dealkylation sites (tertiary alicyclic amines) is 1. The van der Waals surface area contributed by atoms with Crippen LogP contribution in [0.15, 0.2) is 60.7 Å². The lowest BCUT2D eigenvalue weighted by atomic mass is 9.98. The molecule has 1 heterocycles. The molecule has 5 heteroatoms. The number of rotatable bonds is 7. The first kappa shape index (κ1) is 20.8. The Morgan fingerprint density at radius 1 is 1.08 bits per heavy atom. The topological polar surface area (TPSA) is 40.5 Å². The standard InChI is InChI=1S/C21H25NO2S.ClH/c23-21(24)19-12-7-13-22(16-19)14-15-25-20(17-8-3-1-4-9-17)18-10-5-2-6-11-18;/h1-6,8-11,19-20H,7,12-16H2,(H,23,24);1H. The minimum absolute atomic E-state index is 0. The summed E-state index contributed by atoms with van der Waals surface area (Å²) in [7, 11) is 0. The van der Waals surface area contributed by atoms with Crippen molar-refractivity contribution in [1.82, 2.24) is 4.90 Å². The van der Waals surface area contributed by atoms with Crippen LogP contribution in [0.5, 0.6) is 0 Å². The van der Waals surface area contributed by atoms with E-state index in [1.165, 1.54) is 11.1 Å². The van der Waals surface area contributed by atoms with Gasteiger partial charge in [0.15, 0.2) is 0 Å². The third-order valence-corrected chi connectivity index (χ3v) is 6.05. The van der Waals surface area contributed by atoms with Gasteiger partial charge in [-0.1, -0.05) is 60.7 Å². The summed E-state index contributed by atoms with van der Waals surface area (Å²) in [5.74, 6) is 0.155. The Morgan fingerprint density at radius 3 is 2.19 bits per heavy atom. The summed E-state index contributed by atoms with van der Waals surface area (Å²) < 4.78 is 0. The summed E-state index contributed by atoms with van der Waals surface area (Å²) in [6, 6.07) is 21.2. The van der Waals surface area contributed by atoms with E-state index in [0.29, 0.717) is 11.8 Å². The van der Waals surface area contributed by atoms with Crippen molar-refractivity contribution in [1.29, 1.82) is 0 Å². The molecule has 3 nitrogen and oxygen atoms in total. The third kappa shape index (κ3) is 5.76. The highest BCUT2D eigenvalue weighted by atomic mass is 35.5. The summed E-state index contributed by atoms with van der Waals surface area (Å²) in [6.45, 7) is 2.66. The average Bonchev–Trinajstić information content (AvgIpc) is 2.67. The average molecular weight is 392 g/mol. The molecular weight excluding hydrogens is 366 g/mol. The molecule has 3 rings (SSSR count). The van der Waals surface area contributed by atoms with Crippen molar-refractivity contribution in [2.75, 3.05) is 25.4 Å². The summed E-state index contributed by atoms with van der Waals surface area (Å²) in [5, 5.41) is 9.56. The van der Waals surface area contributed by atoms with Crippen molar-refractivity contribution < 1.29 is 9.90 Å². The van der Waals surface area contributed by atoms with Gasteiger partial charge in [0.05, 0.1) is 11.2 Å². The second-order valence-corrected chi connectivity index (χ2v) is 7.76. The first-order valence-electron chi connectivity index (χ1n) is 8.90. The molecule has 0 aromatic heterocycles. The lowest BCUT2D eigenvalue weighted by Crippen LogP contribution is -2.39. The number of carboxylic acid groups (broad SMARTS) is 1. The maximum Gasteiger partial charge on any atom is 0.307 e. The van der Waals surface area contributed by atoms with Gasteiger partial charge >= 0.3 is 5.97 Å². The van der Waals surface area contributed by atoms with Crippen molar-refractivity contribution in [2.45, 2.75) is 18.1 Å². The minimum atomic E-state index is -0.649. The fourth-order valence-corrected chi connectivity index (χ4v) is 4.70. The third-order valence-electron chi connectivity index (χ3n) is 4.75. The first-order chi connectivity index (χ1) is 12.2. The van der Waals surface area contributed by atoms with E-state index < -0.39 is 5.97 Å². The van der Waals surface area contributed by atoms with Crippen LogP contribution in [0.3, 0.4) is 0 Å². The Labute approximate surface area is 166 Å². The number of aliphatic carboxylic acids is 1. The van der Waals surface area contributed by atoms with Gasteiger partial charge in [0.1, 0.15) is 0 Å². The smallest absolute Gasteiger partial charge is 0.307 e. The number of hydrogen-bond donors (Lipinski definition) is 1. The van der Waals surface area contributed by atoms with Gasteiger partial charge in [-0.2, -0.15) is 0 Å². The normalized spacial score (nSPS) is 17.7. The zero-order valence-corrected chi connectivity index (χ0v) is 16.4. The van der Waals surface area contributed by atoms with Gasteiger partial charge in [-0.05, 0) is 30.5 Å². The van der Waals surface area contributed by atoms with Crippen molar-refractivity contribution >= 4 is 30.1 Å². The molecule has 1 atom stereocenters. The van der Waals surface area contributed by atoms with Crippen LogP contribution in [0.4, 0.5) is 0 Å². The van der Waals surface area contributed by atoms with Crippen LogP contribution in [-0.2, 0) is 4.79 Å². The van der Waals surface area contributed by atoms with E-state index in [1.54, 1.807) is 0 Å². The predicted molar refractivity (Wildman–Crippen MR) is 111 cm³/mol. The largest absolute Gasteiger partial charge is 0.481 e. The maximum atomic E-state index is 11.2. The monoisotopic (exact) mass is 391 g/mol. The molecule has 1 fully saturated rings. The molecule has 1 unspecified atom stereocenters. The summed E-state index contributed by atoms with van der Waals surface area (Å²) in [6.07, 6.45) is 1.80. The van der Waals surface area contributed by atoms with Crippen LogP contribution in [0.2, 0.25) is 0 Å². The van der Waals surface area contributed by atoms with Gasteiger partial charge in [0.2, 0.25) is 0 Å².